The van der Waals surface area contributed by atoms with E-state index in [-0.39, 0.29) is 0 Å². The van der Waals surface area contributed by atoms with Crippen LogP contribution in [0.1, 0.15) is 22.8 Å². The van der Waals surface area contributed by atoms with Crippen molar-refractivity contribution >= 4 is 23.2 Å². The topological polar surface area (TPSA) is 41.5 Å². The Bertz CT molecular complexity index is 851. The highest BCUT2D eigenvalue weighted by Gasteiger charge is 2.08. The molecule has 5 heteroatoms. The first kappa shape index (κ1) is 19.7. The normalized spacial score (nSPS) is 12.0. The number of hydrogen-bond donors (Lipinski definition) is 2. The number of rotatable bonds is 8. The van der Waals surface area contributed by atoms with Gasteiger partial charge in [0.1, 0.15) is 12.4 Å². The zero-order chi connectivity index (χ0) is 19.1. The molecule has 0 aliphatic carbocycles. The van der Waals surface area contributed by atoms with E-state index >= 15 is 0 Å². The molecule has 1 unspecified atom stereocenters. The Morgan fingerprint density at radius 1 is 0.889 bits per heavy atom. The van der Waals surface area contributed by atoms with Gasteiger partial charge < -0.3 is 15.2 Å². The van der Waals surface area contributed by atoms with Gasteiger partial charge in [-0.25, -0.2) is 0 Å². The lowest BCUT2D eigenvalue weighted by Gasteiger charge is -2.13. The molecule has 0 spiro atoms. The first-order valence-corrected chi connectivity index (χ1v) is 9.47. The van der Waals surface area contributed by atoms with Gasteiger partial charge in [-0.3, -0.25) is 0 Å². The summed E-state index contributed by atoms with van der Waals surface area (Å²) in [6.07, 6.45) is -0.534. The molecule has 1 atom stereocenters. The number of halogens is 2. The van der Waals surface area contributed by atoms with Gasteiger partial charge in [-0.15, -0.1) is 0 Å². The molecule has 3 aromatic carbocycles. The van der Waals surface area contributed by atoms with Gasteiger partial charge in [-0.05, 0) is 35.4 Å². The summed E-state index contributed by atoms with van der Waals surface area (Å²) < 4.78 is 5.85. The van der Waals surface area contributed by atoms with Crippen LogP contribution in [0.5, 0.6) is 5.75 Å². The average molecular weight is 402 g/mol. The summed E-state index contributed by atoms with van der Waals surface area (Å²) in [5.74, 6) is 0.744. The summed E-state index contributed by atoms with van der Waals surface area (Å²) >= 11 is 12.4. The lowest BCUT2D eigenvalue weighted by Crippen LogP contribution is -2.21. The Labute approximate surface area is 169 Å². The predicted octanol–water partition coefficient (Wildman–Crippen LogP) is 5.40. The Hall–Kier alpha value is -2.04. The zero-order valence-electron chi connectivity index (χ0n) is 14.7. The minimum Gasteiger partial charge on any atom is -0.489 e. The van der Waals surface area contributed by atoms with Crippen molar-refractivity contribution in [2.45, 2.75) is 19.3 Å². The van der Waals surface area contributed by atoms with Gasteiger partial charge >= 0.3 is 0 Å². The van der Waals surface area contributed by atoms with Crippen molar-refractivity contribution in [3.63, 3.8) is 0 Å². The molecule has 3 aromatic rings. The van der Waals surface area contributed by atoms with Crippen molar-refractivity contribution in [3.05, 3.63) is 99.5 Å². The van der Waals surface area contributed by atoms with Crippen LogP contribution in [0.4, 0.5) is 0 Å². The van der Waals surface area contributed by atoms with E-state index in [4.69, 9.17) is 27.9 Å². The predicted molar refractivity (Wildman–Crippen MR) is 110 cm³/mol. The lowest BCUT2D eigenvalue weighted by molar-refractivity contribution is 0.174. The van der Waals surface area contributed by atoms with Crippen molar-refractivity contribution < 1.29 is 9.84 Å². The minimum atomic E-state index is -0.534. The van der Waals surface area contributed by atoms with Crippen LogP contribution >= 0.6 is 23.2 Å². The van der Waals surface area contributed by atoms with Crippen LogP contribution in [0, 0.1) is 0 Å². The molecule has 0 heterocycles. The second kappa shape index (κ2) is 9.77. The van der Waals surface area contributed by atoms with Crippen LogP contribution in [-0.2, 0) is 13.2 Å². The second-order valence-electron chi connectivity index (χ2n) is 6.19. The van der Waals surface area contributed by atoms with Gasteiger partial charge in [-0.1, -0.05) is 71.7 Å². The summed E-state index contributed by atoms with van der Waals surface area (Å²) in [6.45, 7) is 1.42. The summed E-state index contributed by atoms with van der Waals surface area (Å²) in [6, 6.07) is 22.8. The highest BCUT2D eigenvalue weighted by Crippen LogP contribution is 2.26. The fourth-order valence-electron chi connectivity index (χ4n) is 2.72. The van der Waals surface area contributed by atoms with E-state index in [1.54, 1.807) is 12.1 Å². The van der Waals surface area contributed by atoms with Crippen LogP contribution in [-0.4, -0.2) is 11.7 Å². The van der Waals surface area contributed by atoms with Gasteiger partial charge in [0.05, 0.1) is 6.10 Å². The molecule has 0 radical (unpaired) electrons. The molecule has 27 heavy (non-hydrogen) atoms. The fourth-order valence-corrected chi connectivity index (χ4v) is 3.22. The summed E-state index contributed by atoms with van der Waals surface area (Å²) in [5, 5.41) is 14.7. The molecule has 0 aliphatic rings. The molecule has 140 valence electrons. The largest absolute Gasteiger partial charge is 0.489 e. The molecule has 3 nitrogen and oxygen atoms in total. The van der Waals surface area contributed by atoms with Gasteiger partial charge in [-0.2, -0.15) is 0 Å². The van der Waals surface area contributed by atoms with Crippen LogP contribution in [0.3, 0.4) is 0 Å². The molecule has 0 aliphatic heterocycles. The average Bonchev–Trinajstić information content (AvgIpc) is 2.68. The molecule has 0 fully saturated rings. The maximum absolute atomic E-state index is 10.2. The SMILES string of the molecule is OC(CNCc1cccc(OCc2c(Cl)cccc2Cl)c1)c1ccccc1. The number of benzene rings is 3. The monoisotopic (exact) mass is 401 g/mol. The maximum Gasteiger partial charge on any atom is 0.120 e. The van der Waals surface area contributed by atoms with E-state index in [9.17, 15) is 5.11 Å². The molecule has 0 bridgehead atoms. The van der Waals surface area contributed by atoms with E-state index < -0.39 is 6.10 Å². The molecule has 2 N–H and O–H groups in total. The van der Waals surface area contributed by atoms with Crippen molar-refractivity contribution in [1.29, 1.82) is 0 Å². The molecular formula is C22H21Cl2NO2. The van der Waals surface area contributed by atoms with Gasteiger partial charge in [0.25, 0.3) is 0 Å². The maximum atomic E-state index is 10.2. The number of ether oxygens (including phenoxy) is 1. The summed E-state index contributed by atoms with van der Waals surface area (Å²) in [4.78, 5) is 0. The van der Waals surface area contributed by atoms with E-state index in [1.807, 2.05) is 60.7 Å². The van der Waals surface area contributed by atoms with Crippen LogP contribution in [0.2, 0.25) is 10.0 Å². The van der Waals surface area contributed by atoms with E-state index in [0.29, 0.717) is 29.7 Å². The van der Waals surface area contributed by atoms with E-state index in [2.05, 4.69) is 5.32 Å². The van der Waals surface area contributed by atoms with Crippen molar-refractivity contribution in [2.75, 3.05) is 6.54 Å². The van der Waals surface area contributed by atoms with E-state index in [1.165, 1.54) is 0 Å². The number of aliphatic hydroxyl groups is 1. The first-order chi connectivity index (χ1) is 13.1. The molecule has 0 amide bonds. The zero-order valence-corrected chi connectivity index (χ0v) is 16.3. The highest BCUT2D eigenvalue weighted by molar-refractivity contribution is 6.35. The van der Waals surface area contributed by atoms with Crippen LogP contribution in [0.15, 0.2) is 72.8 Å². The summed E-state index contributed by atoms with van der Waals surface area (Å²) in [5.41, 5.74) is 2.74. The van der Waals surface area contributed by atoms with Gasteiger partial charge in [0, 0.05) is 28.7 Å². The minimum absolute atomic E-state index is 0.308. The van der Waals surface area contributed by atoms with Crippen molar-refractivity contribution in [2.24, 2.45) is 0 Å². The smallest absolute Gasteiger partial charge is 0.120 e. The molecule has 0 saturated carbocycles. The number of aliphatic hydroxyl groups excluding tert-OH is 1. The second-order valence-corrected chi connectivity index (χ2v) is 7.01. The fraction of sp³-hybridized carbons (Fsp3) is 0.182. The van der Waals surface area contributed by atoms with E-state index in [0.717, 1.165) is 22.4 Å². The molecule has 0 aromatic heterocycles. The number of hydrogen-bond acceptors (Lipinski definition) is 3. The third kappa shape index (κ3) is 5.72. The Morgan fingerprint density at radius 3 is 2.33 bits per heavy atom. The third-order valence-corrected chi connectivity index (χ3v) is 4.90. The molecule has 3 rings (SSSR count). The van der Waals surface area contributed by atoms with Gasteiger partial charge in [0.2, 0.25) is 0 Å². The Balaban J connectivity index is 1.53. The van der Waals surface area contributed by atoms with Crippen molar-refractivity contribution in [1.82, 2.24) is 5.32 Å². The Morgan fingerprint density at radius 2 is 1.59 bits per heavy atom. The molecular weight excluding hydrogens is 381 g/mol. The standard InChI is InChI=1S/C22H21Cl2NO2/c23-20-10-5-11-21(24)19(20)15-27-18-9-4-6-16(12-18)13-25-14-22(26)17-7-2-1-3-8-17/h1-12,22,25-26H,13-15H2. The highest BCUT2D eigenvalue weighted by atomic mass is 35.5. The van der Waals surface area contributed by atoms with Gasteiger partial charge in [0.15, 0.2) is 0 Å². The summed E-state index contributed by atoms with van der Waals surface area (Å²) in [7, 11) is 0. The van der Waals surface area contributed by atoms with Crippen LogP contribution in [0.25, 0.3) is 0 Å². The first-order valence-electron chi connectivity index (χ1n) is 8.72. The Kier molecular flexibility index (Phi) is 7.13. The van der Waals surface area contributed by atoms with Crippen LogP contribution < -0.4 is 10.1 Å². The quantitative estimate of drug-likeness (QED) is 0.531. The molecule has 0 saturated heterocycles. The number of nitrogens with one attached hydrogen (secondary N) is 1. The lowest BCUT2D eigenvalue weighted by atomic mass is 10.1. The third-order valence-electron chi connectivity index (χ3n) is 4.19. The van der Waals surface area contributed by atoms with Crippen molar-refractivity contribution in [3.8, 4) is 5.75 Å².